The molecule has 2 fully saturated rings. The van der Waals surface area contributed by atoms with E-state index in [1.165, 1.54) is 24.1 Å². The first-order chi connectivity index (χ1) is 10.1. The molecule has 1 saturated heterocycles. The molecule has 1 aromatic heterocycles. The summed E-state index contributed by atoms with van der Waals surface area (Å²) in [5.74, 6) is 0.445. The molecule has 114 valence electrons. The van der Waals surface area contributed by atoms with Crippen LogP contribution < -0.4 is 5.32 Å². The second-order valence-electron chi connectivity index (χ2n) is 6.65. The van der Waals surface area contributed by atoms with Gasteiger partial charge in [-0.3, -0.25) is 14.7 Å². The van der Waals surface area contributed by atoms with Crippen LogP contribution in [-0.4, -0.2) is 35.9 Å². The van der Waals surface area contributed by atoms with E-state index >= 15 is 0 Å². The first kappa shape index (κ1) is 14.5. The van der Waals surface area contributed by atoms with Crippen molar-refractivity contribution in [2.24, 2.45) is 11.3 Å². The van der Waals surface area contributed by atoms with E-state index in [-0.39, 0.29) is 17.2 Å². The van der Waals surface area contributed by atoms with Crippen LogP contribution in [0.5, 0.6) is 0 Å². The highest BCUT2D eigenvalue weighted by Crippen LogP contribution is 2.50. The normalized spacial score (nSPS) is 29.1. The molecule has 4 nitrogen and oxygen atoms in total. The van der Waals surface area contributed by atoms with E-state index in [2.05, 4.69) is 28.2 Å². The molecule has 1 spiro atoms. The maximum Gasteiger partial charge on any atom is 0.223 e. The first-order valence-electron chi connectivity index (χ1n) is 7.99. The number of rotatable bonds is 3. The van der Waals surface area contributed by atoms with E-state index in [1.807, 2.05) is 12.3 Å². The summed E-state index contributed by atoms with van der Waals surface area (Å²) in [5.41, 5.74) is 2.64. The lowest BCUT2D eigenvalue weighted by molar-refractivity contribution is -0.127. The second-order valence-corrected chi connectivity index (χ2v) is 6.65. The van der Waals surface area contributed by atoms with Gasteiger partial charge in [-0.05, 0) is 49.8 Å². The predicted molar refractivity (Wildman–Crippen MR) is 82.7 cm³/mol. The van der Waals surface area contributed by atoms with Gasteiger partial charge in [-0.2, -0.15) is 0 Å². The third-order valence-corrected chi connectivity index (χ3v) is 5.43. The Hall–Kier alpha value is -1.42. The Morgan fingerprint density at radius 3 is 3.14 bits per heavy atom. The highest BCUT2D eigenvalue weighted by atomic mass is 16.1. The Bertz CT molecular complexity index is 531. The summed E-state index contributed by atoms with van der Waals surface area (Å²) < 4.78 is 0. The molecule has 4 heteroatoms. The number of nitrogens with one attached hydrogen (secondary N) is 1. The number of amides is 1. The minimum Gasteiger partial charge on any atom is -0.359 e. The van der Waals surface area contributed by atoms with Crippen LogP contribution >= 0.6 is 0 Å². The number of aromatic nitrogens is 1. The fourth-order valence-corrected chi connectivity index (χ4v) is 4.23. The summed E-state index contributed by atoms with van der Waals surface area (Å²) in [5, 5.41) is 2.86. The topological polar surface area (TPSA) is 45.2 Å². The van der Waals surface area contributed by atoms with Crippen molar-refractivity contribution in [2.45, 2.75) is 39.2 Å². The zero-order chi connectivity index (χ0) is 14.9. The maximum absolute atomic E-state index is 12.2. The van der Waals surface area contributed by atoms with Gasteiger partial charge in [-0.25, -0.2) is 0 Å². The van der Waals surface area contributed by atoms with Crippen LogP contribution in [0.2, 0.25) is 0 Å². The number of hydrogen-bond acceptors (Lipinski definition) is 3. The summed E-state index contributed by atoms with van der Waals surface area (Å²) in [6.45, 7) is 5.16. The van der Waals surface area contributed by atoms with E-state index in [1.54, 1.807) is 7.05 Å². The zero-order valence-corrected chi connectivity index (χ0v) is 13.1. The van der Waals surface area contributed by atoms with Crippen LogP contribution in [-0.2, 0) is 11.3 Å². The average molecular weight is 287 g/mol. The van der Waals surface area contributed by atoms with Crippen LogP contribution in [0.3, 0.4) is 0 Å². The molecule has 1 N–H and O–H groups in total. The van der Waals surface area contributed by atoms with Crippen molar-refractivity contribution < 1.29 is 4.79 Å². The molecule has 2 aliphatic rings. The van der Waals surface area contributed by atoms with Gasteiger partial charge in [0, 0.05) is 32.3 Å². The summed E-state index contributed by atoms with van der Waals surface area (Å²) >= 11 is 0. The number of carbonyl (C=O) groups is 1. The standard InChI is InChI=1S/C17H25N3O/c1-13-5-4-9-19-15(13)11-20-10-8-17(12-20)7-3-6-14(17)16(21)18-2/h4-5,9,14H,3,6-8,10-12H2,1-2H3,(H,18,21). The lowest BCUT2D eigenvalue weighted by Gasteiger charge is -2.30. The predicted octanol–water partition coefficient (Wildman–Crippen LogP) is 2.13. The largest absolute Gasteiger partial charge is 0.359 e. The minimum atomic E-state index is 0.206. The average Bonchev–Trinajstić information content (AvgIpc) is 3.08. The van der Waals surface area contributed by atoms with Crippen LogP contribution in [0.25, 0.3) is 0 Å². The van der Waals surface area contributed by atoms with Crippen LogP contribution in [0.4, 0.5) is 0 Å². The van der Waals surface area contributed by atoms with Crippen molar-refractivity contribution in [1.29, 1.82) is 0 Å². The highest BCUT2D eigenvalue weighted by Gasteiger charge is 2.49. The van der Waals surface area contributed by atoms with Gasteiger partial charge in [0.05, 0.1) is 5.69 Å². The van der Waals surface area contributed by atoms with Gasteiger partial charge in [0.2, 0.25) is 5.91 Å². The Labute approximate surface area is 126 Å². The fraction of sp³-hybridized carbons (Fsp3) is 0.647. The first-order valence-corrected chi connectivity index (χ1v) is 7.99. The van der Waals surface area contributed by atoms with E-state index in [0.29, 0.717) is 0 Å². The molecule has 1 aromatic rings. The number of likely N-dealkylation sites (tertiary alicyclic amines) is 1. The van der Waals surface area contributed by atoms with Crippen molar-refractivity contribution in [3.63, 3.8) is 0 Å². The zero-order valence-electron chi connectivity index (χ0n) is 13.1. The van der Waals surface area contributed by atoms with Crippen molar-refractivity contribution in [3.05, 3.63) is 29.6 Å². The molecule has 0 radical (unpaired) electrons. The molecule has 1 aliphatic carbocycles. The molecule has 2 heterocycles. The lowest BCUT2D eigenvalue weighted by Crippen LogP contribution is -2.39. The summed E-state index contributed by atoms with van der Waals surface area (Å²) in [6, 6.07) is 4.11. The molecular formula is C17H25N3O. The van der Waals surface area contributed by atoms with Gasteiger partial charge >= 0.3 is 0 Å². The third-order valence-electron chi connectivity index (χ3n) is 5.43. The van der Waals surface area contributed by atoms with E-state index in [9.17, 15) is 4.79 Å². The monoisotopic (exact) mass is 287 g/mol. The number of hydrogen-bond donors (Lipinski definition) is 1. The van der Waals surface area contributed by atoms with Crippen molar-refractivity contribution in [1.82, 2.24) is 15.2 Å². The molecule has 21 heavy (non-hydrogen) atoms. The SMILES string of the molecule is CNC(=O)C1CCCC12CCN(Cc1ncccc1C)C2. The quantitative estimate of drug-likeness (QED) is 0.926. The molecule has 1 aliphatic heterocycles. The van der Waals surface area contributed by atoms with Gasteiger partial charge in [-0.15, -0.1) is 0 Å². The molecule has 2 unspecified atom stereocenters. The fourth-order valence-electron chi connectivity index (χ4n) is 4.23. The van der Waals surface area contributed by atoms with Gasteiger partial charge in [0.15, 0.2) is 0 Å². The molecule has 0 aromatic carbocycles. The number of aryl methyl sites for hydroxylation is 1. The third kappa shape index (κ3) is 2.69. The van der Waals surface area contributed by atoms with Crippen LogP contribution in [0, 0.1) is 18.3 Å². The summed E-state index contributed by atoms with van der Waals surface area (Å²) in [6.07, 6.45) is 6.46. The number of carbonyl (C=O) groups excluding carboxylic acids is 1. The van der Waals surface area contributed by atoms with Gasteiger partial charge in [-0.1, -0.05) is 12.5 Å². The lowest BCUT2D eigenvalue weighted by atomic mass is 9.76. The van der Waals surface area contributed by atoms with E-state index in [0.717, 1.165) is 32.5 Å². The minimum absolute atomic E-state index is 0.206. The molecule has 1 amide bonds. The van der Waals surface area contributed by atoms with Crippen molar-refractivity contribution in [2.75, 3.05) is 20.1 Å². The molecule has 0 bridgehead atoms. The summed E-state index contributed by atoms with van der Waals surface area (Å²) in [7, 11) is 1.76. The van der Waals surface area contributed by atoms with E-state index in [4.69, 9.17) is 0 Å². The number of nitrogens with zero attached hydrogens (tertiary/aromatic N) is 2. The van der Waals surface area contributed by atoms with Gasteiger partial charge in [0.25, 0.3) is 0 Å². The smallest absolute Gasteiger partial charge is 0.223 e. The Balaban J connectivity index is 1.70. The van der Waals surface area contributed by atoms with Crippen molar-refractivity contribution in [3.8, 4) is 0 Å². The Morgan fingerprint density at radius 2 is 2.38 bits per heavy atom. The molecular weight excluding hydrogens is 262 g/mol. The second kappa shape index (κ2) is 5.76. The highest BCUT2D eigenvalue weighted by molar-refractivity contribution is 5.79. The molecule has 3 rings (SSSR count). The molecule has 2 atom stereocenters. The van der Waals surface area contributed by atoms with Crippen molar-refractivity contribution >= 4 is 5.91 Å². The maximum atomic E-state index is 12.2. The van der Waals surface area contributed by atoms with E-state index < -0.39 is 0 Å². The van der Waals surface area contributed by atoms with Crippen LogP contribution in [0.15, 0.2) is 18.3 Å². The Morgan fingerprint density at radius 1 is 1.52 bits per heavy atom. The Kier molecular flexibility index (Phi) is 3.98. The van der Waals surface area contributed by atoms with Gasteiger partial charge < -0.3 is 5.32 Å². The number of pyridine rings is 1. The summed E-state index contributed by atoms with van der Waals surface area (Å²) in [4.78, 5) is 19.1. The van der Waals surface area contributed by atoms with Crippen LogP contribution in [0.1, 0.15) is 36.9 Å². The molecule has 1 saturated carbocycles. The van der Waals surface area contributed by atoms with Gasteiger partial charge in [0.1, 0.15) is 0 Å².